The smallest absolute Gasteiger partial charge is 0.253 e. The van der Waals surface area contributed by atoms with Crippen molar-refractivity contribution in [3.8, 4) is 0 Å². The van der Waals surface area contributed by atoms with Crippen LogP contribution < -0.4 is 5.32 Å². The molecule has 1 unspecified atom stereocenters. The highest BCUT2D eigenvalue weighted by Crippen LogP contribution is 2.10. The molecule has 0 bridgehead atoms. The molecule has 1 N–H and O–H groups in total. The van der Waals surface area contributed by atoms with Crippen molar-refractivity contribution in [2.24, 2.45) is 0 Å². The summed E-state index contributed by atoms with van der Waals surface area (Å²) < 4.78 is 5.69. The fourth-order valence-corrected chi connectivity index (χ4v) is 3.26. The van der Waals surface area contributed by atoms with E-state index in [0.29, 0.717) is 26.2 Å². The molecular weight excluding hydrogens is 409 g/mol. The molecule has 1 heterocycles. The molecular formula is C22H31Cl2N3O2. The molecule has 1 fully saturated rings. The van der Waals surface area contributed by atoms with Crippen LogP contribution in [0, 0.1) is 0 Å². The number of benzene rings is 2. The number of ether oxygens (including phenoxy) is 1. The molecule has 3 rings (SSSR count). The number of hydrogen-bond acceptors (Lipinski definition) is 4. The number of nitrogens with one attached hydrogen (secondary N) is 1. The van der Waals surface area contributed by atoms with E-state index in [-0.39, 0.29) is 36.8 Å². The summed E-state index contributed by atoms with van der Waals surface area (Å²) in [5, 5.41) is 3.25. The third-order valence-corrected chi connectivity index (χ3v) is 4.78. The van der Waals surface area contributed by atoms with Gasteiger partial charge in [0.2, 0.25) is 0 Å². The van der Waals surface area contributed by atoms with Crippen LogP contribution in [0.3, 0.4) is 0 Å². The zero-order valence-corrected chi connectivity index (χ0v) is 18.5. The Bertz CT molecular complexity index is 698. The molecule has 0 aliphatic carbocycles. The van der Waals surface area contributed by atoms with Gasteiger partial charge in [0.25, 0.3) is 5.91 Å². The van der Waals surface area contributed by atoms with Crippen molar-refractivity contribution in [3.63, 3.8) is 0 Å². The van der Waals surface area contributed by atoms with Gasteiger partial charge in [-0.2, -0.15) is 0 Å². The number of halogens is 2. The third kappa shape index (κ3) is 8.33. The minimum Gasteiger partial charge on any atom is -0.366 e. The van der Waals surface area contributed by atoms with E-state index in [9.17, 15) is 4.79 Å². The highest BCUT2D eigenvalue weighted by atomic mass is 35.5. The number of amides is 1. The maximum Gasteiger partial charge on any atom is 0.253 e. The van der Waals surface area contributed by atoms with E-state index < -0.39 is 0 Å². The lowest BCUT2D eigenvalue weighted by atomic mass is 10.2. The highest BCUT2D eigenvalue weighted by molar-refractivity contribution is 5.85. The number of hydrogen-bond donors (Lipinski definition) is 1. The summed E-state index contributed by atoms with van der Waals surface area (Å²) in [6, 6.07) is 20.6. The molecule has 1 atom stereocenters. The molecule has 5 nitrogen and oxygen atoms in total. The quantitative estimate of drug-likeness (QED) is 0.686. The van der Waals surface area contributed by atoms with Gasteiger partial charge in [0.1, 0.15) is 6.10 Å². The van der Waals surface area contributed by atoms with Gasteiger partial charge < -0.3 is 19.9 Å². The number of carbonyl (C=O) groups excluding carboxylic acids is 1. The van der Waals surface area contributed by atoms with Gasteiger partial charge in [0, 0.05) is 39.3 Å². The summed E-state index contributed by atoms with van der Waals surface area (Å²) in [5.74, 6) is 0.0687. The van der Waals surface area contributed by atoms with Crippen LogP contribution in [-0.2, 0) is 22.6 Å². The number of rotatable bonds is 8. The van der Waals surface area contributed by atoms with E-state index >= 15 is 0 Å². The van der Waals surface area contributed by atoms with Crippen LogP contribution in [-0.4, -0.2) is 61.6 Å². The van der Waals surface area contributed by atoms with Gasteiger partial charge in [0.05, 0.1) is 6.61 Å². The van der Waals surface area contributed by atoms with Gasteiger partial charge in [-0.3, -0.25) is 4.79 Å². The van der Waals surface area contributed by atoms with Crippen molar-refractivity contribution in [1.82, 2.24) is 15.1 Å². The number of morpholine rings is 1. The molecule has 29 heavy (non-hydrogen) atoms. The van der Waals surface area contributed by atoms with Gasteiger partial charge in [-0.25, -0.2) is 0 Å². The Balaban J connectivity index is 0.00000210. The van der Waals surface area contributed by atoms with Crippen molar-refractivity contribution < 1.29 is 9.53 Å². The van der Waals surface area contributed by atoms with Crippen molar-refractivity contribution in [1.29, 1.82) is 0 Å². The Morgan fingerprint density at radius 3 is 2.10 bits per heavy atom. The summed E-state index contributed by atoms with van der Waals surface area (Å²) in [6.07, 6.45) is -0.387. The molecule has 2 aromatic rings. The summed E-state index contributed by atoms with van der Waals surface area (Å²) in [6.45, 7) is 4.95. The van der Waals surface area contributed by atoms with Crippen molar-refractivity contribution in [2.75, 3.05) is 39.8 Å². The summed E-state index contributed by atoms with van der Waals surface area (Å²) in [7, 11) is 2.09. The SMILES string of the molecule is CN(CCN(Cc1ccccc1)C(=O)C1CNCCO1)Cc1ccccc1.Cl.Cl. The molecule has 0 aromatic heterocycles. The number of carbonyl (C=O) groups is 1. The highest BCUT2D eigenvalue weighted by Gasteiger charge is 2.27. The van der Waals surface area contributed by atoms with Crippen LogP contribution in [0.1, 0.15) is 11.1 Å². The van der Waals surface area contributed by atoms with E-state index in [4.69, 9.17) is 4.74 Å². The van der Waals surface area contributed by atoms with E-state index in [1.54, 1.807) is 0 Å². The average molecular weight is 440 g/mol. The Kier molecular flexibility index (Phi) is 11.9. The minimum absolute atomic E-state index is 0. The number of nitrogens with zero attached hydrogens (tertiary/aromatic N) is 2. The minimum atomic E-state index is -0.387. The zero-order valence-electron chi connectivity index (χ0n) is 16.8. The van der Waals surface area contributed by atoms with Crippen LogP contribution in [0.15, 0.2) is 60.7 Å². The standard InChI is InChI=1S/C22H29N3O2.2ClH/c1-24(17-19-8-4-2-5-9-19)13-14-25(18-20-10-6-3-7-11-20)22(26)21-16-23-12-15-27-21;;/h2-11,21,23H,12-18H2,1H3;2*1H. The van der Waals surface area contributed by atoms with Crippen LogP contribution in [0.2, 0.25) is 0 Å². The average Bonchev–Trinajstić information content (AvgIpc) is 2.73. The van der Waals surface area contributed by atoms with Crippen LogP contribution in [0.4, 0.5) is 0 Å². The molecule has 1 aliphatic rings. The van der Waals surface area contributed by atoms with E-state index in [0.717, 1.165) is 25.2 Å². The lowest BCUT2D eigenvalue weighted by Crippen LogP contribution is -2.50. The Morgan fingerprint density at radius 1 is 0.966 bits per heavy atom. The van der Waals surface area contributed by atoms with Crippen LogP contribution in [0.5, 0.6) is 0 Å². The molecule has 160 valence electrons. The second-order valence-electron chi connectivity index (χ2n) is 7.03. The predicted octanol–water partition coefficient (Wildman–Crippen LogP) is 2.98. The van der Waals surface area contributed by atoms with Crippen molar-refractivity contribution >= 4 is 30.7 Å². The monoisotopic (exact) mass is 439 g/mol. The maximum absolute atomic E-state index is 13.0. The fraction of sp³-hybridized carbons (Fsp3) is 0.409. The zero-order chi connectivity index (χ0) is 18.9. The fourth-order valence-electron chi connectivity index (χ4n) is 3.26. The molecule has 7 heteroatoms. The first-order valence-corrected chi connectivity index (χ1v) is 9.60. The Labute approximate surface area is 186 Å². The number of likely N-dealkylation sites (N-methyl/N-ethyl adjacent to an activating group) is 1. The summed E-state index contributed by atoms with van der Waals surface area (Å²) >= 11 is 0. The first-order chi connectivity index (χ1) is 13.2. The molecule has 0 spiro atoms. The van der Waals surface area contributed by atoms with Gasteiger partial charge in [-0.15, -0.1) is 24.8 Å². The molecule has 1 aliphatic heterocycles. The first-order valence-electron chi connectivity index (χ1n) is 9.60. The topological polar surface area (TPSA) is 44.8 Å². The van der Waals surface area contributed by atoms with Crippen molar-refractivity contribution in [3.05, 3.63) is 71.8 Å². The van der Waals surface area contributed by atoms with E-state index in [1.165, 1.54) is 5.56 Å². The molecule has 0 saturated carbocycles. The lowest BCUT2D eigenvalue weighted by molar-refractivity contribution is -0.146. The van der Waals surface area contributed by atoms with E-state index in [2.05, 4.69) is 53.7 Å². The largest absolute Gasteiger partial charge is 0.366 e. The van der Waals surface area contributed by atoms with Crippen molar-refractivity contribution in [2.45, 2.75) is 19.2 Å². The van der Waals surface area contributed by atoms with Gasteiger partial charge >= 0.3 is 0 Å². The predicted molar refractivity (Wildman–Crippen MR) is 122 cm³/mol. The van der Waals surface area contributed by atoms with E-state index in [1.807, 2.05) is 29.2 Å². The van der Waals surface area contributed by atoms with Gasteiger partial charge in [-0.1, -0.05) is 60.7 Å². The molecule has 0 radical (unpaired) electrons. The second kappa shape index (κ2) is 13.6. The Hall–Kier alpha value is -1.63. The summed E-state index contributed by atoms with van der Waals surface area (Å²) in [5.41, 5.74) is 2.42. The summed E-state index contributed by atoms with van der Waals surface area (Å²) in [4.78, 5) is 17.2. The van der Waals surface area contributed by atoms with Gasteiger partial charge in [-0.05, 0) is 18.2 Å². The molecule has 1 amide bonds. The van der Waals surface area contributed by atoms with Crippen LogP contribution in [0.25, 0.3) is 0 Å². The van der Waals surface area contributed by atoms with Crippen LogP contribution >= 0.6 is 24.8 Å². The Morgan fingerprint density at radius 2 is 1.55 bits per heavy atom. The lowest BCUT2D eigenvalue weighted by Gasteiger charge is -2.31. The van der Waals surface area contributed by atoms with Gasteiger partial charge in [0.15, 0.2) is 0 Å². The normalized spacial score (nSPS) is 15.9. The molecule has 1 saturated heterocycles. The third-order valence-electron chi connectivity index (χ3n) is 4.78. The maximum atomic E-state index is 13.0. The molecule has 2 aromatic carbocycles. The second-order valence-corrected chi connectivity index (χ2v) is 7.03. The first kappa shape index (κ1) is 25.4.